The van der Waals surface area contributed by atoms with Crippen LogP contribution in [0, 0.1) is 5.92 Å². The Hall–Kier alpha value is -2.40. The second-order valence-electron chi connectivity index (χ2n) is 6.78. The Morgan fingerprint density at radius 3 is 2.72 bits per heavy atom. The molecule has 2 aromatic rings. The first-order valence-corrected chi connectivity index (χ1v) is 8.76. The summed E-state index contributed by atoms with van der Waals surface area (Å²) in [6.07, 6.45) is 4.47. The van der Waals surface area contributed by atoms with Crippen molar-refractivity contribution < 1.29 is 9.53 Å². The Balaban J connectivity index is 1.68. The second-order valence-corrected chi connectivity index (χ2v) is 6.78. The fraction of sp³-hybridized carbons (Fsp3) is 0.400. The van der Waals surface area contributed by atoms with Crippen LogP contribution < -0.4 is 10.6 Å². The van der Waals surface area contributed by atoms with E-state index in [1.54, 1.807) is 12.4 Å². The van der Waals surface area contributed by atoms with Gasteiger partial charge in [0.05, 0.1) is 24.8 Å². The number of anilines is 1. The number of pyridine rings is 1. The molecule has 1 aliphatic rings. The Labute approximate surface area is 148 Å². The molecule has 25 heavy (non-hydrogen) atoms. The highest BCUT2D eigenvalue weighted by atomic mass is 16.5. The fourth-order valence-corrected chi connectivity index (χ4v) is 3.15. The van der Waals surface area contributed by atoms with Crippen LogP contribution in [0.2, 0.25) is 0 Å². The van der Waals surface area contributed by atoms with Crippen molar-refractivity contribution in [3.63, 3.8) is 0 Å². The van der Waals surface area contributed by atoms with Gasteiger partial charge in [-0.05, 0) is 50.1 Å². The van der Waals surface area contributed by atoms with E-state index >= 15 is 0 Å². The third-order valence-electron chi connectivity index (χ3n) is 4.38. The normalized spacial score (nSPS) is 19.8. The number of benzene rings is 1. The smallest absolute Gasteiger partial charge is 0.253 e. The van der Waals surface area contributed by atoms with Gasteiger partial charge >= 0.3 is 0 Å². The fourth-order valence-electron chi connectivity index (χ4n) is 3.15. The van der Waals surface area contributed by atoms with Gasteiger partial charge in [-0.15, -0.1) is 0 Å². The highest BCUT2D eigenvalue weighted by molar-refractivity contribution is 5.99. The molecule has 2 atom stereocenters. The molecular formula is C20H25N3O2. The lowest BCUT2D eigenvalue weighted by atomic mass is 9.95. The molecule has 0 spiro atoms. The van der Waals surface area contributed by atoms with Crippen LogP contribution in [0.5, 0.6) is 0 Å². The van der Waals surface area contributed by atoms with Crippen molar-refractivity contribution in [1.82, 2.24) is 10.3 Å². The number of aromatic nitrogens is 1. The van der Waals surface area contributed by atoms with Crippen LogP contribution in [0.1, 0.15) is 29.8 Å². The zero-order valence-electron chi connectivity index (χ0n) is 14.7. The molecular weight excluding hydrogens is 314 g/mol. The summed E-state index contributed by atoms with van der Waals surface area (Å²) in [6, 6.07) is 11.9. The van der Waals surface area contributed by atoms with Crippen molar-refractivity contribution >= 4 is 11.6 Å². The van der Waals surface area contributed by atoms with Gasteiger partial charge in [0.15, 0.2) is 0 Å². The van der Waals surface area contributed by atoms with Gasteiger partial charge in [0, 0.05) is 30.0 Å². The van der Waals surface area contributed by atoms with E-state index in [2.05, 4.69) is 29.5 Å². The first-order chi connectivity index (χ1) is 12.1. The van der Waals surface area contributed by atoms with E-state index in [1.165, 1.54) is 5.56 Å². The van der Waals surface area contributed by atoms with Gasteiger partial charge in [-0.3, -0.25) is 9.78 Å². The summed E-state index contributed by atoms with van der Waals surface area (Å²) in [4.78, 5) is 16.8. The summed E-state index contributed by atoms with van der Waals surface area (Å²) in [7, 11) is 0. The molecule has 0 unspecified atom stereocenters. The van der Waals surface area contributed by atoms with Crippen molar-refractivity contribution in [1.29, 1.82) is 0 Å². The molecule has 2 heterocycles. The quantitative estimate of drug-likeness (QED) is 0.849. The Kier molecular flexibility index (Phi) is 5.66. The Bertz CT molecular complexity index is 703. The molecule has 0 radical (unpaired) electrons. The third-order valence-corrected chi connectivity index (χ3v) is 4.38. The number of rotatable bonds is 6. The van der Waals surface area contributed by atoms with Crippen molar-refractivity contribution in [2.45, 2.75) is 32.4 Å². The first-order valence-electron chi connectivity index (χ1n) is 8.76. The summed E-state index contributed by atoms with van der Waals surface area (Å²) in [5, 5.41) is 6.49. The summed E-state index contributed by atoms with van der Waals surface area (Å²) in [5.41, 5.74) is 2.75. The zero-order chi connectivity index (χ0) is 17.6. The van der Waals surface area contributed by atoms with Crippen LogP contribution in [0.4, 0.5) is 5.69 Å². The van der Waals surface area contributed by atoms with E-state index in [1.807, 2.05) is 36.4 Å². The molecule has 0 aliphatic carbocycles. The minimum atomic E-state index is -0.0565. The van der Waals surface area contributed by atoms with E-state index in [-0.39, 0.29) is 23.9 Å². The minimum absolute atomic E-state index is 0.0211. The maximum absolute atomic E-state index is 12.8. The molecule has 1 aliphatic heterocycles. The summed E-state index contributed by atoms with van der Waals surface area (Å²) >= 11 is 0. The van der Waals surface area contributed by atoms with Gasteiger partial charge in [-0.25, -0.2) is 0 Å². The number of amides is 1. The summed E-state index contributed by atoms with van der Waals surface area (Å²) in [5.74, 6) is 0.218. The largest absolute Gasteiger partial charge is 0.382 e. The predicted molar refractivity (Wildman–Crippen MR) is 98.7 cm³/mol. The van der Waals surface area contributed by atoms with Crippen molar-refractivity contribution in [3.8, 4) is 0 Å². The van der Waals surface area contributed by atoms with Gasteiger partial charge < -0.3 is 15.4 Å². The molecule has 5 nitrogen and oxygen atoms in total. The van der Waals surface area contributed by atoms with Crippen LogP contribution >= 0.6 is 0 Å². The standard InChI is InChI=1S/C20H25N3O2/c1-14(2)22-18-6-4-3-5-17(18)20(24)23-19-13-25-12-16(19)11-15-7-9-21-10-8-15/h3-10,14,16,19,22H,11-13H2,1-2H3,(H,23,24)/t16-,19-/m1/s1. The summed E-state index contributed by atoms with van der Waals surface area (Å²) in [6.45, 7) is 5.34. The molecule has 3 rings (SSSR count). The highest BCUT2D eigenvalue weighted by Crippen LogP contribution is 2.21. The van der Waals surface area contributed by atoms with Crippen LogP contribution in [0.25, 0.3) is 0 Å². The zero-order valence-corrected chi connectivity index (χ0v) is 14.7. The number of nitrogens with one attached hydrogen (secondary N) is 2. The molecule has 1 fully saturated rings. The van der Waals surface area contributed by atoms with Crippen LogP contribution in [-0.2, 0) is 11.2 Å². The molecule has 2 N–H and O–H groups in total. The minimum Gasteiger partial charge on any atom is -0.382 e. The van der Waals surface area contributed by atoms with E-state index in [9.17, 15) is 4.79 Å². The van der Waals surface area contributed by atoms with E-state index in [0.29, 0.717) is 18.8 Å². The Morgan fingerprint density at radius 1 is 1.20 bits per heavy atom. The molecule has 0 bridgehead atoms. The number of hydrogen-bond donors (Lipinski definition) is 2. The number of carbonyl (C=O) groups excluding carboxylic acids is 1. The SMILES string of the molecule is CC(C)Nc1ccccc1C(=O)N[C@@H]1COC[C@H]1Cc1ccncc1. The number of nitrogens with zero attached hydrogens (tertiary/aromatic N) is 1. The lowest BCUT2D eigenvalue weighted by Crippen LogP contribution is -2.41. The van der Waals surface area contributed by atoms with Crippen LogP contribution in [0.15, 0.2) is 48.8 Å². The molecule has 5 heteroatoms. The molecule has 1 amide bonds. The van der Waals surface area contributed by atoms with Gasteiger partial charge in [0.1, 0.15) is 0 Å². The topological polar surface area (TPSA) is 63.2 Å². The molecule has 1 aromatic carbocycles. The monoisotopic (exact) mass is 339 g/mol. The maximum Gasteiger partial charge on any atom is 0.253 e. The molecule has 0 saturated carbocycles. The van der Waals surface area contributed by atoms with Crippen molar-refractivity contribution in [3.05, 3.63) is 59.9 Å². The van der Waals surface area contributed by atoms with E-state index in [4.69, 9.17) is 4.74 Å². The summed E-state index contributed by atoms with van der Waals surface area (Å²) < 4.78 is 5.63. The van der Waals surface area contributed by atoms with Gasteiger partial charge in [-0.1, -0.05) is 12.1 Å². The van der Waals surface area contributed by atoms with Crippen molar-refractivity contribution in [2.24, 2.45) is 5.92 Å². The molecule has 1 saturated heterocycles. The van der Waals surface area contributed by atoms with E-state index in [0.717, 1.165) is 12.1 Å². The number of hydrogen-bond acceptors (Lipinski definition) is 4. The second kappa shape index (κ2) is 8.12. The van der Waals surface area contributed by atoms with Crippen LogP contribution in [-0.4, -0.2) is 36.2 Å². The lowest BCUT2D eigenvalue weighted by molar-refractivity contribution is 0.0926. The number of ether oxygens (including phenoxy) is 1. The van der Waals surface area contributed by atoms with E-state index < -0.39 is 0 Å². The molecule has 132 valence electrons. The van der Waals surface area contributed by atoms with Crippen molar-refractivity contribution in [2.75, 3.05) is 18.5 Å². The average molecular weight is 339 g/mol. The average Bonchev–Trinajstić information content (AvgIpc) is 3.02. The maximum atomic E-state index is 12.8. The first kappa shape index (κ1) is 17.4. The molecule has 1 aromatic heterocycles. The highest BCUT2D eigenvalue weighted by Gasteiger charge is 2.30. The lowest BCUT2D eigenvalue weighted by Gasteiger charge is -2.21. The number of para-hydroxylation sites is 1. The van der Waals surface area contributed by atoms with Gasteiger partial charge in [0.25, 0.3) is 5.91 Å². The predicted octanol–water partition coefficient (Wildman–Crippen LogP) is 2.89. The van der Waals surface area contributed by atoms with Gasteiger partial charge in [0.2, 0.25) is 0 Å². The Morgan fingerprint density at radius 2 is 1.96 bits per heavy atom. The number of carbonyl (C=O) groups is 1. The van der Waals surface area contributed by atoms with Crippen LogP contribution in [0.3, 0.4) is 0 Å². The third kappa shape index (κ3) is 4.57. The van der Waals surface area contributed by atoms with Gasteiger partial charge in [-0.2, -0.15) is 0 Å².